The summed E-state index contributed by atoms with van der Waals surface area (Å²) in [4.78, 5) is 41.2. The van der Waals surface area contributed by atoms with E-state index in [2.05, 4.69) is 10.6 Å². The maximum absolute atomic E-state index is 13.7. The third-order valence-electron chi connectivity index (χ3n) is 6.15. The van der Waals surface area contributed by atoms with Crippen LogP contribution >= 0.6 is 0 Å². The highest BCUT2D eigenvalue weighted by molar-refractivity contribution is 5.92. The molecule has 9 heteroatoms. The molecule has 0 radical (unpaired) electrons. The zero-order valence-corrected chi connectivity index (χ0v) is 22.1. The maximum atomic E-state index is 13.7. The number of phenolic OH excluding ortho intramolecular Hbond substituents is 1. The van der Waals surface area contributed by atoms with Crippen LogP contribution in [-0.4, -0.2) is 63.9 Å². The van der Waals surface area contributed by atoms with Crippen LogP contribution in [-0.2, 0) is 14.3 Å². The Labute approximate surface area is 214 Å². The SMILES string of the molecule is CCCCCN(C(=O)C(CO)NC(=O)OC(C)(C)C)C(C(=O)NC1CCCCC1)c1cccc(O)c1. The van der Waals surface area contributed by atoms with Crippen molar-refractivity contribution >= 4 is 17.9 Å². The summed E-state index contributed by atoms with van der Waals surface area (Å²) >= 11 is 0. The first-order chi connectivity index (χ1) is 17.1. The molecule has 1 fully saturated rings. The highest BCUT2D eigenvalue weighted by Gasteiger charge is 2.36. The second-order valence-corrected chi connectivity index (χ2v) is 10.5. The number of aromatic hydroxyl groups is 1. The molecule has 0 heterocycles. The molecular formula is C27H43N3O6. The van der Waals surface area contributed by atoms with Crippen LogP contribution in [0.2, 0.25) is 0 Å². The summed E-state index contributed by atoms with van der Waals surface area (Å²) in [5.74, 6) is -0.951. The lowest BCUT2D eigenvalue weighted by Crippen LogP contribution is -2.55. The van der Waals surface area contributed by atoms with Gasteiger partial charge in [0.05, 0.1) is 6.61 Å². The predicted octanol–water partition coefficient (Wildman–Crippen LogP) is 3.79. The summed E-state index contributed by atoms with van der Waals surface area (Å²) in [6, 6.07) is 4.00. The Hall–Kier alpha value is -2.81. The van der Waals surface area contributed by atoms with E-state index >= 15 is 0 Å². The second-order valence-electron chi connectivity index (χ2n) is 10.5. The van der Waals surface area contributed by atoms with Gasteiger partial charge >= 0.3 is 6.09 Å². The van der Waals surface area contributed by atoms with Crippen LogP contribution in [0.3, 0.4) is 0 Å². The highest BCUT2D eigenvalue weighted by atomic mass is 16.6. The number of phenols is 1. The van der Waals surface area contributed by atoms with E-state index in [0.29, 0.717) is 12.0 Å². The van der Waals surface area contributed by atoms with E-state index in [0.717, 1.165) is 44.9 Å². The summed E-state index contributed by atoms with van der Waals surface area (Å²) in [5, 5.41) is 25.7. The molecule has 1 aromatic carbocycles. The minimum absolute atomic E-state index is 0.0190. The van der Waals surface area contributed by atoms with E-state index in [1.54, 1.807) is 32.9 Å². The van der Waals surface area contributed by atoms with Crippen molar-refractivity contribution in [2.45, 2.75) is 103 Å². The standard InChI is InChI=1S/C27H43N3O6/c1-5-6-10-16-30(25(34)22(18-31)29-26(35)36-27(2,3)4)23(19-12-11-15-21(32)17-19)24(33)28-20-13-8-7-9-14-20/h11-12,15,17,20,22-23,31-32H,5-10,13-14,16,18H2,1-4H3,(H,28,33)(H,29,35). The minimum atomic E-state index is -1.29. The van der Waals surface area contributed by atoms with Crippen LogP contribution in [0.5, 0.6) is 5.75 Å². The van der Waals surface area contributed by atoms with Crippen molar-refractivity contribution in [1.82, 2.24) is 15.5 Å². The lowest BCUT2D eigenvalue weighted by atomic mass is 9.94. The normalized spacial score (nSPS) is 16.0. The average molecular weight is 506 g/mol. The Morgan fingerprint density at radius 1 is 1.14 bits per heavy atom. The molecule has 2 rings (SSSR count). The number of nitrogens with one attached hydrogen (secondary N) is 2. The first-order valence-corrected chi connectivity index (χ1v) is 13.1. The van der Waals surface area contributed by atoms with Gasteiger partial charge in [0.25, 0.3) is 0 Å². The number of aliphatic hydroxyl groups is 1. The Bertz CT molecular complexity index is 863. The Kier molecular flexibility index (Phi) is 11.5. The molecule has 0 bridgehead atoms. The summed E-state index contributed by atoms with van der Waals surface area (Å²) in [6.45, 7) is 6.74. The topological polar surface area (TPSA) is 128 Å². The molecule has 2 unspecified atom stereocenters. The van der Waals surface area contributed by atoms with Gasteiger partial charge in [-0.2, -0.15) is 0 Å². The number of rotatable bonds is 11. The summed E-state index contributed by atoms with van der Waals surface area (Å²) in [7, 11) is 0. The van der Waals surface area contributed by atoms with Crippen molar-refractivity contribution in [3.8, 4) is 5.75 Å². The molecule has 9 nitrogen and oxygen atoms in total. The van der Waals surface area contributed by atoms with Gasteiger partial charge in [0.15, 0.2) is 0 Å². The molecule has 0 aromatic heterocycles. The number of benzene rings is 1. The largest absolute Gasteiger partial charge is 0.508 e. The van der Waals surface area contributed by atoms with Crippen molar-refractivity contribution in [2.75, 3.05) is 13.2 Å². The van der Waals surface area contributed by atoms with E-state index in [1.807, 2.05) is 6.92 Å². The molecule has 1 aliphatic rings. The van der Waals surface area contributed by atoms with Crippen LogP contribution in [0.1, 0.15) is 90.7 Å². The van der Waals surface area contributed by atoms with Gasteiger partial charge in [-0.25, -0.2) is 4.79 Å². The fourth-order valence-corrected chi connectivity index (χ4v) is 4.43. The molecule has 0 aliphatic heterocycles. The highest BCUT2D eigenvalue weighted by Crippen LogP contribution is 2.27. The minimum Gasteiger partial charge on any atom is -0.508 e. The van der Waals surface area contributed by atoms with Gasteiger partial charge in [0.1, 0.15) is 23.4 Å². The molecule has 2 atom stereocenters. The van der Waals surface area contributed by atoms with Crippen LogP contribution in [0.25, 0.3) is 0 Å². The smallest absolute Gasteiger partial charge is 0.408 e. The fraction of sp³-hybridized carbons (Fsp3) is 0.667. The van der Waals surface area contributed by atoms with Gasteiger partial charge in [-0.3, -0.25) is 9.59 Å². The molecule has 202 valence electrons. The third kappa shape index (κ3) is 9.33. The fourth-order valence-electron chi connectivity index (χ4n) is 4.43. The third-order valence-corrected chi connectivity index (χ3v) is 6.15. The van der Waals surface area contributed by atoms with Gasteiger partial charge in [-0.15, -0.1) is 0 Å². The van der Waals surface area contributed by atoms with E-state index in [-0.39, 0.29) is 24.2 Å². The molecular weight excluding hydrogens is 462 g/mol. The second kappa shape index (κ2) is 14.1. The number of unbranched alkanes of at least 4 members (excludes halogenated alkanes) is 2. The van der Waals surface area contributed by atoms with Crippen molar-refractivity contribution < 1.29 is 29.3 Å². The van der Waals surface area contributed by atoms with Crippen molar-refractivity contribution in [3.05, 3.63) is 29.8 Å². The number of alkyl carbamates (subject to hydrolysis) is 1. The Morgan fingerprint density at radius 3 is 2.42 bits per heavy atom. The molecule has 1 saturated carbocycles. The number of carbonyl (C=O) groups is 3. The lowest BCUT2D eigenvalue weighted by Gasteiger charge is -2.35. The van der Waals surface area contributed by atoms with Crippen molar-refractivity contribution in [2.24, 2.45) is 0 Å². The van der Waals surface area contributed by atoms with Crippen molar-refractivity contribution in [3.63, 3.8) is 0 Å². The first-order valence-electron chi connectivity index (χ1n) is 13.1. The van der Waals surface area contributed by atoms with E-state index in [4.69, 9.17) is 4.74 Å². The van der Waals surface area contributed by atoms with Crippen LogP contribution in [0.15, 0.2) is 24.3 Å². The number of carbonyl (C=O) groups excluding carboxylic acids is 3. The molecule has 1 aromatic rings. The number of hydrogen-bond acceptors (Lipinski definition) is 6. The quantitative estimate of drug-likeness (QED) is 0.339. The van der Waals surface area contributed by atoms with Gasteiger partial charge in [0.2, 0.25) is 11.8 Å². The number of nitrogens with zero attached hydrogens (tertiary/aromatic N) is 1. The van der Waals surface area contributed by atoms with Crippen LogP contribution < -0.4 is 10.6 Å². The number of aliphatic hydroxyl groups excluding tert-OH is 1. The monoisotopic (exact) mass is 505 g/mol. The molecule has 0 saturated heterocycles. The predicted molar refractivity (Wildman–Crippen MR) is 137 cm³/mol. The molecule has 1 aliphatic carbocycles. The summed E-state index contributed by atoms with van der Waals surface area (Å²) in [5.41, 5.74) is -0.320. The first kappa shape index (κ1) is 29.4. The van der Waals surface area contributed by atoms with Gasteiger partial charge in [0, 0.05) is 12.6 Å². The Balaban J connectivity index is 2.39. The van der Waals surface area contributed by atoms with Gasteiger partial charge in [-0.1, -0.05) is 51.2 Å². The summed E-state index contributed by atoms with van der Waals surface area (Å²) in [6.07, 6.45) is 6.52. The maximum Gasteiger partial charge on any atom is 0.408 e. The number of ether oxygens (including phenoxy) is 1. The van der Waals surface area contributed by atoms with E-state index < -0.39 is 36.3 Å². The molecule has 0 spiro atoms. The van der Waals surface area contributed by atoms with Crippen LogP contribution in [0, 0.1) is 0 Å². The number of amides is 3. The van der Waals surface area contributed by atoms with E-state index in [9.17, 15) is 24.6 Å². The molecule has 3 amide bonds. The van der Waals surface area contributed by atoms with E-state index in [1.165, 1.54) is 17.0 Å². The van der Waals surface area contributed by atoms with Crippen molar-refractivity contribution in [1.29, 1.82) is 0 Å². The van der Waals surface area contributed by atoms with Crippen LogP contribution in [0.4, 0.5) is 4.79 Å². The summed E-state index contributed by atoms with van der Waals surface area (Å²) < 4.78 is 5.26. The zero-order chi connectivity index (χ0) is 26.7. The zero-order valence-electron chi connectivity index (χ0n) is 22.1. The van der Waals surface area contributed by atoms with Gasteiger partial charge in [-0.05, 0) is 57.7 Å². The number of hydrogen-bond donors (Lipinski definition) is 4. The Morgan fingerprint density at radius 2 is 1.83 bits per heavy atom. The molecule has 4 N–H and O–H groups in total. The molecule has 36 heavy (non-hydrogen) atoms. The average Bonchev–Trinajstić information content (AvgIpc) is 2.81. The van der Waals surface area contributed by atoms with Gasteiger partial charge < -0.3 is 30.5 Å². The lowest BCUT2D eigenvalue weighted by molar-refractivity contribution is -0.143.